The molecule has 2 aromatic rings. The lowest BCUT2D eigenvalue weighted by atomic mass is 9.98. The number of aliphatic hydroxyl groups is 1. The van der Waals surface area contributed by atoms with Gasteiger partial charge in [0, 0.05) is 48.3 Å². The molecular formula is C19H25N3O2. The van der Waals surface area contributed by atoms with Gasteiger partial charge in [0.15, 0.2) is 0 Å². The third-order valence-electron chi connectivity index (χ3n) is 5.56. The standard InChI is InChI=1S/C19H25N3O2/c23-13-14-5-8-21(9-6-14)12-19(24)22-10-7-18-16(11-22)15-3-1-2-4-17(15)20-18/h1-4,14,20,23H,5-13H2. The highest BCUT2D eigenvalue weighted by atomic mass is 16.3. The minimum Gasteiger partial charge on any atom is -0.396 e. The number of aromatic amines is 1. The average molecular weight is 327 g/mol. The van der Waals surface area contributed by atoms with Gasteiger partial charge in [0.1, 0.15) is 0 Å². The SMILES string of the molecule is O=C(CN1CCC(CO)CC1)N1CCc2[nH]c3ccccc3c2C1. The number of nitrogens with one attached hydrogen (secondary N) is 1. The van der Waals surface area contributed by atoms with E-state index in [1.54, 1.807) is 0 Å². The molecule has 2 aliphatic heterocycles. The summed E-state index contributed by atoms with van der Waals surface area (Å²) < 4.78 is 0. The van der Waals surface area contributed by atoms with Crippen molar-refractivity contribution in [2.75, 3.05) is 32.8 Å². The van der Waals surface area contributed by atoms with Gasteiger partial charge in [0.05, 0.1) is 6.54 Å². The Morgan fingerprint density at radius 1 is 1.21 bits per heavy atom. The molecule has 0 saturated carbocycles. The molecule has 3 heterocycles. The Bertz CT molecular complexity index is 731. The molecule has 1 fully saturated rings. The molecule has 1 amide bonds. The van der Waals surface area contributed by atoms with E-state index < -0.39 is 0 Å². The highest BCUT2D eigenvalue weighted by molar-refractivity contribution is 5.86. The van der Waals surface area contributed by atoms with Crippen LogP contribution in [0.5, 0.6) is 0 Å². The number of nitrogens with zero attached hydrogens (tertiary/aromatic N) is 2. The lowest BCUT2D eigenvalue weighted by Gasteiger charge is -2.33. The Morgan fingerprint density at radius 3 is 2.79 bits per heavy atom. The molecule has 0 atom stereocenters. The van der Waals surface area contributed by atoms with Crippen LogP contribution in [-0.4, -0.2) is 58.6 Å². The van der Waals surface area contributed by atoms with Gasteiger partial charge in [0.2, 0.25) is 5.91 Å². The minimum atomic E-state index is 0.230. The number of rotatable bonds is 3. The van der Waals surface area contributed by atoms with E-state index in [1.807, 2.05) is 11.0 Å². The molecule has 0 bridgehead atoms. The van der Waals surface area contributed by atoms with Crippen molar-refractivity contribution in [2.45, 2.75) is 25.8 Å². The molecule has 0 spiro atoms. The molecule has 0 aliphatic carbocycles. The summed E-state index contributed by atoms with van der Waals surface area (Å²) in [6.07, 6.45) is 2.90. The Labute approximate surface area is 142 Å². The number of aromatic nitrogens is 1. The fourth-order valence-electron chi connectivity index (χ4n) is 4.00. The smallest absolute Gasteiger partial charge is 0.237 e. The van der Waals surface area contributed by atoms with Gasteiger partial charge < -0.3 is 15.0 Å². The van der Waals surface area contributed by atoms with Crippen LogP contribution >= 0.6 is 0 Å². The summed E-state index contributed by atoms with van der Waals surface area (Å²) >= 11 is 0. The molecule has 5 heteroatoms. The molecule has 1 aromatic heterocycles. The number of carbonyl (C=O) groups excluding carboxylic acids is 1. The molecular weight excluding hydrogens is 302 g/mol. The van der Waals surface area contributed by atoms with Gasteiger partial charge in [-0.3, -0.25) is 9.69 Å². The van der Waals surface area contributed by atoms with E-state index in [4.69, 9.17) is 0 Å². The summed E-state index contributed by atoms with van der Waals surface area (Å²) in [5, 5.41) is 10.5. The van der Waals surface area contributed by atoms with Crippen LogP contribution in [0.25, 0.3) is 10.9 Å². The molecule has 128 valence electrons. The maximum absolute atomic E-state index is 12.7. The van der Waals surface area contributed by atoms with Crippen LogP contribution in [0.4, 0.5) is 0 Å². The lowest BCUT2D eigenvalue weighted by molar-refractivity contribution is -0.133. The molecule has 5 nitrogen and oxygen atoms in total. The molecule has 1 saturated heterocycles. The number of amides is 1. The van der Waals surface area contributed by atoms with Crippen LogP contribution in [0.15, 0.2) is 24.3 Å². The monoisotopic (exact) mass is 327 g/mol. The van der Waals surface area contributed by atoms with Crippen LogP contribution in [0.2, 0.25) is 0 Å². The second-order valence-corrected chi connectivity index (χ2v) is 7.10. The normalized spacial score (nSPS) is 19.6. The van der Waals surface area contributed by atoms with E-state index in [2.05, 4.69) is 28.1 Å². The van der Waals surface area contributed by atoms with Gasteiger partial charge in [0.25, 0.3) is 0 Å². The number of piperidine rings is 1. The van der Waals surface area contributed by atoms with Crippen LogP contribution in [-0.2, 0) is 17.8 Å². The molecule has 2 N–H and O–H groups in total. The van der Waals surface area contributed by atoms with Crippen molar-refractivity contribution in [1.29, 1.82) is 0 Å². The van der Waals surface area contributed by atoms with E-state index >= 15 is 0 Å². The molecule has 1 aromatic carbocycles. The largest absolute Gasteiger partial charge is 0.396 e. The number of fused-ring (bicyclic) bond motifs is 3. The Balaban J connectivity index is 1.42. The molecule has 2 aliphatic rings. The Kier molecular flexibility index (Phi) is 4.29. The van der Waals surface area contributed by atoms with Crippen LogP contribution in [0, 0.1) is 5.92 Å². The molecule has 24 heavy (non-hydrogen) atoms. The van der Waals surface area contributed by atoms with Crippen molar-refractivity contribution in [1.82, 2.24) is 14.8 Å². The van der Waals surface area contributed by atoms with Gasteiger partial charge in [-0.05, 0) is 37.9 Å². The first-order chi connectivity index (χ1) is 11.7. The fourth-order valence-corrected chi connectivity index (χ4v) is 4.00. The summed E-state index contributed by atoms with van der Waals surface area (Å²) in [5.74, 6) is 0.647. The second kappa shape index (κ2) is 6.57. The zero-order valence-corrected chi connectivity index (χ0v) is 14.0. The van der Waals surface area contributed by atoms with Gasteiger partial charge in [-0.2, -0.15) is 0 Å². The van der Waals surface area contributed by atoms with Crippen molar-refractivity contribution in [3.8, 4) is 0 Å². The van der Waals surface area contributed by atoms with Crippen molar-refractivity contribution >= 4 is 16.8 Å². The van der Waals surface area contributed by atoms with Gasteiger partial charge >= 0.3 is 0 Å². The van der Waals surface area contributed by atoms with E-state index in [0.717, 1.165) is 38.9 Å². The number of hydrogen-bond donors (Lipinski definition) is 2. The molecule has 0 radical (unpaired) electrons. The predicted octanol–water partition coefficient (Wildman–Crippen LogP) is 1.76. The number of para-hydroxylation sites is 1. The first-order valence-corrected chi connectivity index (χ1v) is 8.94. The third-order valence-corrected chi connectivity index (χ3v) is 5.56. The zero-order chi connectivity index (χ0) is 16.5. The number of benzene rings is 1. The summed E-state index contributed by atoms with van der Waals surface area (Å²) in [4.78, 5) is 20.4. The number of likely N-dealkylation sites (tertiary alicyclic amines) is 1. The number of carbonyl (C=O) groups is 1. The summed E-state index contributed by atoms with van der Waals surface area (Å²) in [6, 6.07) is 8.34. The minimum absolute atomic E-state index is 0.230. The van der Waals surface area contributed by atoms with Crippen molar-refractivity contribution in [3.05, 3.63) is 35.5 Å². The second-order valence-electron chi connectivity index (χ2n) is 7.10. The predicted molar refractivity (Wildman–Crippen MR) is 93.7 cm³/mol. The van der Waals surface area contributed by atoms with Crippen molar-refractivity contribution < 1.29 is 9.90 Å². The highest BCUT2D eigenvalue weighted by Crippen LogP contribution is 2.27. The summed E-state index contributed by atoms with van der Waals surface area (Å²) in [7, 11) is 0. The van der Waals surface area contributed by atoms with E-state index in [1.165, 1.54) is 22.2 Å². The quantitative estimate of drug-likeness (QED) is 0.903. The lowest BCUT2D eigenvalue weighted by Crippen LogP contribution is -2.45. The first-order valence-electron chi connectivity index (χ1n) is 8.94. The van der Waals surface area contributed by atoms with Crippen molar-refractivity contribution in [2.24, 2.45) is 5.92 Å². The topological polar surface area (TPSA) is 59.6 Å². The van der Waals surface area contributed by atoms with E-state index in [-0.39, 0.29) is 12.5 Å². The highest BCUT2D eigenvalue weighted by Gasteiger charge is 2.26. The maximum Gasteiger partial charge on any atom is 0.237 e. The fraction of sp³-hybridized carbons (Fsp3) is 0.526. The van der Waals surface area contributed by atoms with Gasteiger partial charge in [-0.1, -0.05) is 18.2 Å². The third kappa shape index (κ3) is 2.94. The van der Waals surface area contributed by atoms with E-state index in [9.17, 15) is 9.90 Å². The van der Waals surface area contributed by atoms with Gasteiger partial charge in [-0.15, -0.1) is 0 Å². The summed E-state index contributed by atoms with van der Waals surface area (Å²) in [6.45, 7) is 4.14. The Morgan fingerprint density at radius 2 is 2.00 bits per heavy atom. The molecule has 0 unspecified atom stereocenters. The number of hydrogen-bond acceptors (Lipinski definition) is 3. The van der Waals surface area contributed by atoms with Crippen LogP contribution in [0.1, 0.15) is 24.1 Å². The first kappa shape index (κ1) is 15.7. The Hall–Kier alpha value is -1.85. The zero-order valence-electron chi connectivity index (χ0n) is 14.0. The maximum atomic E-state index is 12.7. The van der Waals surface area contributed by atoms with Gasteiger partial charge in [-0.25, -0.2) is 0 Å². The summed E-state index contributed by atoms with van der Waals surface area (Å²) in [5.41, 5.74) is 3.73. The van der Waals surface area contributed by atoms with Crippen LogP contribution in [0.3, 0.4) is 0 Å². The van der Waals surface area contributed by atoms with E-state index in [0.29, 0.717) is 19.0 Å². The average Bonchev–Trinajstić information content (AvgIpc) is 3.00. The van der Waals surface area contributed by atoms with Crippen LogP contribution < -0.4 is 0 Å². The molecule has 4 rings (SSSR count). The number of aliphatic hydroxyl groups excluding tert-OH is 1. The number of H-pyrrole nitrogens is 1. The van der Waals surface area contributed by atoms with Crippen molar-refractivity contribution in [3.63, 3.8) is 0 Å².